The Hall–Kier alpha value is -1.59. The monoisotopic (exact) mass is 345 g/mol. The highest BCUT2D eigenvalue weighted by Gasteiger charge is 2.36. The lowest BCUT2D eigenvalue weighted by atomic mass is 9.82. The normalized spacial score (nSPS) is 27.5. The number of carbonyl (C=O) groups excluding carboxylic acids is 1. The van der Waals surface area contributed by atoms with Crippen molar-refractivity contribution >= 4 is 6.03 Å². The first-order chi connectivity index (χ1) is 12.2. The Bertz CT molecular complexity index is 537. The van der Waals surface area contributed by atoms with Crippen molar-refractivity contribution in [2.45, 2.75) is 62.8 Å². The second kappa shape index (κ2) is 8.68. The van der Waals surface area contributed by atoms with Gasteiger partial charge in [-0.25, -0.2) is 4.79 Å². The Morgan fingerprint density at radius 3 is 2.56 bits per heavy atom. The Balaban J connectivity index is 1.43. The molecule has 2 fully saturated rings. The number of nitrogens with one attached hydrogen (secondary N) is 2. The van der Waals surface area contributed by atoms with Gasteiger partial charge in [0.15, 0.2) is 0 Å². The van der Waals surface area contributed by atoms with E-state index in [0.29, 0.717) is 24.7 Å². The van der Waals surface area contributed by atoms with E-state index in [1.807, 2.05) is 18.2 Å². The van der Waals surface area contributed by atoms with Crippen molar-refractivity contribution in [3.8, 4) is 0 Å². The van der Waals surface area contributed by atoms with E-state index in [4.69, 9.17) is 4.74 Å². The van der Waals surface area contributed by atoms with Crippen LogP contribution in [0.3, 0.4) is 0 Å². The van der Waals surface area contributed by atoms with Gasteiger partial charge >= 0.3 is 6.03 Å². The number of fused-ring (bicyclic) bond motifs is 2. The molecule has 5 nitrogen and oxygen atoms in total. The lowest BCUT2D eigenvalue weighted by Crippen LogP contribution is -2.56. The lowest BCUT2D eigenvalue weighted by molar-refractivity contribution is 0.0505. The molecule has 2 aliphatic rings. The number of urea groups is 1. The Kier molecular flexibility index (Phi) is 6.32. The molecule has 4 atom stereocenters. The van der Waals surface area contributed by atoms with E-state index < -0.39 is 0 Å². The molecule has 138 valence electrons. The highest BCUT2D eigenvalue weighted by molar-refractivity contribution is 5.74. The highest BCUT2D eigenvalue weighted by atomic mass is 16.5. The maximum atomic E-state index is 12.3. The van der Waals surface area contributed by atoms with Crippen molar-refractivity contribution in [1.82, 2.24) is 15.5 Å². The average molecular weight is 345 g/mol. The van der Waals surface area contributed by atoms with Gasteiger partial charge in [0.1, 0.15) is 0 Å². The van der Waals surface area contributed by atoms with Crippen LogP contribution in [0.4, 0.5) is 4.79 Å². The second-order valence-corrected chi connectivity index (χ2v) is 7.47. The topological polar surface area (TPSA) is 53.6 Å². The summed E-state index contributed by atoms with van der Waals surface area (Å²) < 4.78 is 5.52. The van der Waals surface area contributed by atoms with Gasteiger partial charge in [0.2, 0.25) is 0 Å². The predicted octanol–water partition coefficient (Wildman–Crippen LogP) is 2.56. The molecule has 2 aliphatic heterocycles. The third-order valence-electron chi connectivity index (χ3n) is 5.80. The van der Waals surface area contributed by atoms with Crippen LogP contribution in [0.5, 0.6) is 0 Å². The number of carbonyl (C=O) groups is 1. The van der Waals surface area contributed by atoms with Crippen LogP contribution in [0.1, 0.15) is 37.7 Å². The zero-order chi connectivity index (χ0) is 17.6. The van der Waals surface area contributed by atoms with E-state index in [1.54, 1.807) is 7.11 Å². The molecule has 0 aliphatic carbocycles. The van der Waals surface area contributed by atoms with Crippen molar-refractivity contribution < 1.29 is 9.53 Å². The average Bonchev–Trinajstić information content (AvgIpc) is 2.60. The molecular formula is C20H31N3O2. The standard InChI is InChI=1S/C20H31N3O2/c1-23-17-9-6-10-18(23)13-16(12-17)22-20(24)21-14-19(25-2)11-15-7-4-3-5-8-15/h3-5,7-8,16-19H,6,9-14H2,1-2H3,(H2,21,22,24)/t16?,17-,18+,19?. The first kappa shape index (κ1) is 18.2. The summed E-state index contributed by atoms with van der Waals surface area (Å²) in [6, 6.07) is 11.7. The molecule has 0 radical (unpaired) electrons. The third kappa shape index (κ3) is 4.95. The van der Waals surface area contributed by atoms with Crippen LogP contribution in [0.25, 0.3) is 0 Å². The smallest absolute Gasteiger partial charge is 0.315 e. The molecule has 1 aromatic rings. The largest absolute Gasteiger partial charge is 0.379 e. The van der Waals surface area contributed by atoms with Crippen molar-refractivity contribution in [2.75, 3.05) is 20.7 Å². The van der Waals surface area contributed by atoms with Crippen LogP contribution in [-0.2, 0) is 11.2 Å². The predicted molar refractivity (Wildman–Crippen MR) is 99.7 cm³/mol. The molecule has 0 spiro atoms. The van der Waals surface area contributed by atoms with Gasteiger partial charge in [-0.15, -0.1) is 0 Å². The van der Waals surface area contributed by atoms with Crippen molar-refractivity contribution in [2.24, 2.45) is 0 Å². The summed E-state index contributed by atoms with van der Waals surface area (Å²) in [6.07, 6.45) is 6.77. The summed E-state index contributed by atoms with van der Waals surface area (Å²) in [5.41, 5.74) is 1.22. The molecule has 2 heterocycles. The number of benzene rings is 1. The molecule has 5 heteroatoms. The van der Waals surface area contributed by atoms with Gasteiger partial charge in [0, 0.05) is 38.2 Å². The third-order valence-corrected chi connectivity index (χ3v) is 5.80. The first-order valence-electron chi connectivity index (χ1n) is 9.48. The molecule has 2 bridgehead atoms. The summed E-state index contributed by atoms with van der Waals surface area (Å²) in [7, 11) is 3.93. The van der Waals surface area contributed by atoms with Crippen molar-refractivity contribution in [3.63, 3.8) is 0 Å². The van der Waals surface area contributed by atoms with Gasteiger partial charge in [-0.3, -0.25) is 0 Å². The fourth-order valence-corrected chi connectivity index (χ4v) is 4.29. The van der Waals surface area contributed by atoms with Gasteiger partial charge in [0.25, 0.3) is 0 Å². The van der Waals surface area contributed by atoms with E-state index in [0.717, 1.165) is 19.3 Å². The minimum Gasteiger partial charge on any atom is -0.379 e. The van der Waals surface area contributed by atoms with Crippen molar-refractivity contribution in [1.29, 1.82) is 0 Å². The van der Waals surface area contributed by atoms with E-state index in [2.05, 4.69) is 34.7 Å². The van der Waals surface area contributed by atoms with Crippen LogP contribution in [0.15, 0.2) is 30.3 Å². The summed E-state index contributed by atoms with van der Waals surface area (Å²) in [5.74, 6) is 0. The Morgan fingerprint density at radius 2 is 1.92 bits per heavy atom. The summed E-state index contributed by atoms with van der Waals surface area (Å²) in [4.78, 5) is 14.8. The second-order valence-electron chi connectivity index (χ2n) is 7.47. The Labute approximate surface area is 151 Å². The quantitative estimate of drug-likeness (QED) is 0.833. The summed E-state index contributed by atoms with van der Waals surface area (Å²) >= 11 is 0. The number of piperidine rings is 2. The molecule has 0 aromatic heterocycles. The number of hydrogen-bond donors (Lipinski definition) is 2. The maximum Gasteiger partial charge on any atom is 0.315 e. The first-order valence-corrected chi connectivity index (χ1v) is 9.48. The van der Waals surface area contributed by atoms with Crippen LogP contribution >= 0.6 is 0 Å². The van der Waals surface area contributed by atoms with Crippen molar-refractivity contribution in [3.05, 3.63) is 35.9 Å². The molecule has 0 saturated carbocycles. The summed E-state index contributed by atoms with van der Waals surface area (Å²) in [5, 5.41) is 6.17. The molecule has 1 aromatic carbocycles. The van der Waals surface area contributed by atoms with Gasteiger partial charge in [-0.2, -0.15) is 0 Å². The molecular weight excluding hydrogens is 314 g/mol. The molecule has 2 saturated heterocycles. The SMILES string of the molecule is COC(CNC(=O)NC1C[C@H]2CCC[C@@H](C1)N2C)Cc1ccccc1. The van der Waals surface area contributed by atoms with Crippen LogP contribution < -0.4 is 10.6 Å². The van der Waals surface area contributed by atoms with Gasteiger partial charge in [-0.05, 0) is 38.3 Å². The number of amides is 2. The fraction of sp³-hybridized carbons (Fsp3) is 0.650. The lowest BCUT2D eigenvalue weighted by Gasteiger charge is -2.47. The zero-order valence-corrected chi connectivity index (χ0v) is 15.4. The van der Waals surface area contributed by atoms with E-state index in [9.17, 15) is 4.79 Å². The molecule has 25 heavy (non-hydrogen) atoms. The van der Waals surface area contributed by atoms with Crippen LogP contribution in [0, 0.1) is 0 Å². The zero-order valence-electron chi connectivity index (χ0n) is 15.4. The number of hydrogen-bond acceptors (Lipinski definition) is 3. The van der Waals surface area contributed by atoms with Gasteiger partial charge < -0.3 is 20.3 Å². The Morgan fingerprint density at radius 1 is 1.24 bits per heavy atom. The fourth-order valence-electron chi connectivity index (χ4n) is 4.29. The van der Waals surface area contributed by atoms with E-state index >= 15 is 0 Å². The minimum atomic E-state index is -0.0669. The molecule has 3 rings (SSSR count). The summed E-state index contributed by atoms with van der Waals surface area (Å²) in [6.45, 7) is 0.525. The molecule has 2 amide bonds. The maximum absolute atomic E-state index is 12.3. The van der Waals surface area contributed by atoms with Gasteiger partial charge in [-0.1, -0.05) is 36.8 Å². The number of ether oxygens (including phenoxy) is 1. The molecule has 2 unspecified atom stereocenters. The van der Waals surface area contributed by atoms with Crippen LogP contribution in [-0.4, -0.2) is 55.9 Å². The van der Waals surface area contributed by atoms with Gasteiger partial charge in [0.05, 0.1) is 6.10 Å². The molecule has 2 N–H and O–H groups in total. The van der Waals surface area contributed by atoms with Crippen LogP contribution in [0.2, 0.25) is 0 Å². The number of nitrogens with zero attached hydrogens (tertiary/aromatic N) is 1. The minimum absolute atomic E-state index is 0.00924. The number of methoxy groups -OCH3 is 1. The highest BCUT2D eigenvalue weighted by Crippen LogP contribution is 2.32. The number of rotatable bonds is 6. The van der Waals surface area contributed by atoms with E-state index in [-0.39, 0.29) is 12.1 Å². The van der Waals surface area contributed by atoms with E-state index in [1.165, 1.54) is 24.8 Å².